The number of aliphatic imine (C=N–C) groups is 1. The number of nitrogens with one attached hydrogen (secondary N) is 1. The lowest BCUT2D eigenvalue weighted by atomic mass is 10.3. The van der Waals surface area contributed by atoms with Gasteiger partial charge >= 0.3 is 0 Å². The number of carbonyl (C=O) groups is 1. The smallest absolute Gasteiger partial charge is 0.269 e. The molecule has 8 nitrogen and oxygen atoms in total. The molecule has 0 unspecified atom stereocenters. The van der Waals surface area contributed by atoms with Crippen molar-refractivity contribution >= 4 is 46.2 Å². The van der Waals surface area contributed by atoms with Gasteiger partial charge in [-0.15, -0.1) is 0 Å². The van der Waals surface area contributed by atoms with Crippen LogP contribution in [-0.2, 0) is 4.79 Å². The van der Waals surface area contributed by atoms with E-state index in [0.717, 1.165) is 21.4 Å². The van der Waals surface area contributed by atoms with Gasteiger partial charge in [-0.05, 0) is 23.9 Å². The standard InChI is InChI=1S/C15H14N6O2S2/c1-20-9-6-8(23-3)4-5-10(9)24-13(20)11-12(22)21(2)15(25-11)18-14-16-7-17-19-14/h4-7H,1-3H3,(H,16,17,19)/b13-11-,18-15-. The van der Waals surface area contributed by atoms with Crippen molar-refractivity contribution in [1.82, 2.24) is 20.1 Å². The molecule has 4 rings (SSSR count). The van der Waals surface area contributed by atoms with Crippen LogP contribution in [-0.4, -0.2) is 52.4 Å². The van der Waals surface area contributed by atoms with E-state index in [4.69, 9.17) is 4.74 Å². The first-order valence-electron chi connectivity index (χ1n) is 7.32. The molecule has 2 aliphatic rings. The van der Waals surface area contributed by atoms with Gasteiger partial charge in [0.05, 0.1) is 17.8 Å². The molecule has 1 aromatic heterocycles. The Bertz CT molecular complexity index is 909. The summed E-state index contributed by atoms with van der Waals surface area (Å²) >= 11 is 2.90. The average molecular weight is 374 g/mol. The Kier molecular flexibility index (Phi) is 3.92. The van der Waals surface area contributed by atoms with E-state index < -0.39 is 0 Å². The molecule has 1 fully saturated rings. The fourth-order valence-corrected chi connectivity index (χ4v) is 4.77. The van der Waals surface area contributed by atoms with Crippen LogP contribution in [0.5, 0.6) is 5.75 Å². The highest BCUT2D eigenvalue weighted by atomic mass is 32.2. The van der Waals surface area contributed by atoms with E-state index in [-0.39, 0.29) is 5.91 Å². The number of aromatic nitrogens is 3. The number of amides is 1. The molecule has 0 spiro atoms. The Labute approximate surface area is 152 Å². The minimum absolute atomic E-state index is 0.0858. The largest absolute Gasteiger partial charge is 0.497 e. The predicted molar refractivity (Wildman–Crippen MR) is 98.1 cm³/mol. The van der Waals surface area contributed by atoms with Crippen molar-refractivity contribution < 1.29 is 9.53 Å². The second kappa shape index (κ2) is 6.12. The number of likely N-dealkylation sites (N-methyl/N-ethyl adjacent to an activating group) is 1. The number of hydrogen-bond donors (Lipinski definition) is 1. The lowest BCUT2D eigenvalue weighted by Crippen LogP contribution is -2.24. The molecule has 25 heavy (non-hydrogen) atoms. The molecule has 0 radical (unpaired) electrons. The highest BCUT2D eigenvalue weighted by Crippen LogP contribution is 2.50. The van der Waals surface area contributed by atoms with Gasteiger partial charge in [0.25, 0.3) is 5.91 Å². The molecule has 0 atom stereocenters. The molecule has 1 amide bonds. The second-order valence-electron chi connectivity index (χ2n) is 5.30. The number of fused-ring (bicyclic) bond motifs is 1. The molecule has 3 heterocycles. The number of methoxy groups -OCH3 is 1. The summed E-state index contributed by atoms with van der Waals surface area (Å²) in [6, 6.07) is 5.88. The molecule has 1 N–H and O–H groups in total. The average Bonchev–Trinajstić information content (AvgIpc) is 3.31. The van der Waals surface area contributed by atoms with Crippen LogP contribution < -0.4 is 9.64 Å². The number of nitrogens with zero attached hydrogens (tertiary/aromatic N) is 5. The number of benzene rings is 1. The number of carbonyl (C=O) groups excluding carboxylic acids is 1. The zero-order chi connectivity index (χ0) is 17.6. The fourth-order valence-electron chi connectivity index (χ4n) is 2.47. The maximum absolute atomic E-state index is 12.7. The molecule has 2 aromatic rings. The Morgan fingerprint density at radius 3 is 2.80 bits per heavy atom. The van der Waals surface area contributed by atoms with E-state index in [9.17, 15) is 4.79 Å². The molecular formula is C15H14N6O2S2. The molecular weight excluding hydrogens is 360 g/mol. The lowest BCUT2D eigenvalue weighted by molar-refractivity contribution is -0.121. The minimum Gasteiger partial charge on any atom is -0.497 e. The van der Waals surface area contributed by atoms with E-state index in [1.807, 2.05) is 30.1 Å². The number of rotatable bonds is 2. The van der Waals surface area contributed by atoms with Gasteiger partial charge in [-0.25, -0.2) is 5.10 Å². The SMILES string of the molecule is COc1ccc2c(c1)N(C)/C(=C1/S/C(=N\c3ncn[nH]3)N(C)C1=O)S2. The molecule has 10 heteroatoms. The van der Waals surface area contributed by atoms with Gasteiger partial charge < -0.3 is 9.64 Å². The van der Waals surface area contributed by atoms with Crippen LogP contribution in [0.4, 0.5) is 11.6 Å². The van der Waals surface area contributed by atoms with E-state index in [1.54, 1.807) is 25.9 Å². The molecule has 1 aromatic carbocycles. The van der Waals surface area contributed by atoms with Crippen LogP contribution in [0.3, 0.4) is 0 Å². The van der Waals surface area contributed by atoms with Crippen molar-refractivity contribution in [2.75, 3.05) is 26.1 Å². The van der Waals surface area contributed by atoms with Crippen LogP contribution in [0, 0.1) is 0 Å². The van der Waals surface area contributed by atoms with Crippen molar-refractivity contribution in [2.45, 2.75) is 4.90 Å². The monoisotopic (exact) mass is 374 g/mol. The first kappa shape index (κ1) is 16.0. The molecule has 2 aliphatic heterocycles. The number of hydrogen-bond acceptors (Lipinski definition) is 8. The van der Waals surface area contributed by atoms with Crippen LogP contribution in [0.15, 0.2) is 44.3 Å². The number of H-pyrrole nitrogens is 1. The number of ether oxygens (including phenoxy) is 1. The summed E-state index contributed by atoms with van der Waals surface area (Å²) in [7, 11) is 5.29. The van der Waals surface area contributed by atoms with Crippen molar-refractivity contribution in [1.29, 1.82) is 0 Å². The third-order valence-corrected chi connectivity index (χ3v) is 6.30. The van der Waals surface area contributed by atoms with Crippen molar-refractivity contribution in [3.63, 3.8) is 0 Å². The van der Waals surface area contributed by atoms with Gasteiger partial charge in [0.1, 0.15) is 17.0 Å². The van der Waals surface area contributed by atoms with Gasteiger partial charge in [0.15, 0.2) is 5.17 Å². The summed E-state index contributed by atoms with van der Waals surface area (Å²) in [5.41, 5.74) is 1.02. The topological polar surface area (TPSA) is 86.7 Å². The molecule has 0 saturated carbocycles. The summed E-state index contributed by atoms with van der Waals surface area (Å²) in [6.07, 6.45) is 1.38. The normalized spacial score (nSPS) is 21.4. The highest BCUT2D eigenvalue weighted by Gasteiger charge is 2.37. The highest BCUT2D eigenvalue weighted by molar-refractivity contribution is 8.19. The Balaban J connectivity index is 1.71. The summed E-state index contributed by atoms with van der Waals surface area (Å²) in [6.45, 7) is 0. The molecule has 1 saturated heterocycles. The summed E-state index contributed by atoms with van der Waals surface area (Å²) in [5, 5.41) is 7.89. The van der Waals surface area contributed by atoms with Gasteiger partial charge in [0, 0.05) is 25.1 Å². The zero-order valence-corrected chi connectivity index (χ0v) is 15.3. The fraction of sp³-hybridized carbons (Fsp3) is 0.200. The number of aromatic amines is 1. The summed E-state index contributed by atoms with van der Waals surface area (Å²) in [4.78, 5) is 26.3. The van der Waals surface area contributed by atoms with Crippen LogP contribution in [0.2, 0.25) is 0 Å². The van der Waals surface area contributed by atoms with Crippen LogP contribution in [0.25, 0.3) is 0 Å². The summed E-state index contributed by atoms with van der Waals surface area (Å²) < 4.78 is 5.29. The predicted octanol–water partition coefficient (Wildman–Crippen LogP) is 2.42. The quantitative estimate of drug-likeness (QED) is 0.808. The Hall–Kier alpha value is -2.46. The lowest BCUT2D eigenvalue weighted by Gasteiger charge is -2.15. The van der Waals surface area contributed by atoms with E-state index in [0.29, 0.717) is 16.0 Å². The van der Waals surface area contributed by atoms with E-state index in [2.05, 4.69) is 20.2 Å². The van der Waals surface area contributed by atoms with Crippen molar-refractivity contribution in [2.24, 2.45) is 4.99 Å². The molecule has 0 aliphatic carbocycles. The van der Waals surface area contributed by atoms with Gasteiger partial charge in [-0.1, -0.05) is 11.8 Å². The zero-order valence-electron chi connectivity index (χ0n) is 13.7. The van der Waals surface area contributed by atoms with Crippen molar-refractivity contribution in [3.8, 4) is 5.75 Å². The minimum atomic E-state index is -0.0858. The number of anilines is 1. The number of amidine groups is 1. The third-order valence-electron chi connectivity index (χ3n) is 3.82. The molecule has 0 bridgehead atoms. The maximum atomic E-state index is 12.7. The van der Waals surface area contributed by atoms with Gasteiger partial charge in [0.2, 0.25) is 5.95 Å². The third kappa shape index (κ3) is 2.67. The van der Waals surface area contributed by atoms with Crippen LogP contribution >= 0.6 is 23.5 Å². The summed E-state index contributed by atoms with van der Waals surface area (Å²) in [5.74, 6) is 1.07. The first-order valence-corrected chi connectivity index (χ1v) is 8.95. The Morgan fingerprint density at radius 1 is 1.24 bits per heavy atom. The Morgan fingerprint density at radius 2 is 2.08 bits per heavy atom. The van der Waals surface area contributed by atoms with Crippen molar-refractivity contribution in [3.05, 3.63) is 34.5 Å². The van der Waals surface area contributed by atoms with Gasteiger partial charge in [-0.3, -0.25) is 9.69 Å². The van der Waals surface area contributed by atoms with E-state index in [1.165, 1.54) is 23.0 Å². The van der Waals surface area contributed by atoms with Gasteiger partial charge in [-0.2, -0.15) is 15.1 Å². The molecule has 128 valence electrons. The van der Waals surface area contributed by atoms with Crippen LogP contribution in [0.1, 0.15) is 0 Å². The maximum Gasteiger partial charge on any atom is 0.269 e. The first-order chi connectivity index (χ1) is 12.1. The second-order valence-corrected chi connectivity index (χ2v) is 7.31. The number of thioether (sulfide) groups is 2. The van der Waals surface area contributed by atoms with E-state index >= 15 is 0 Å².